The van der Waals surface area contributed by atoms with Gasteiger partial charge in [0.15, 0.2) is 0 Å². The predicted molar refractivity (Wildman–Crippen MR) is 92.3 cm³/mol. The molecule has 0 aromatic heterocycles. The van der Waals surface area contributed by atoms with Gasteiger partial charge in [-0.25, -0.2) is 4.79 Å². The molecule has 3 N–H and O–H groups in total. The van der Waals surface area contributed by atoms with E-state index in [4.69, 9.17) is 0 Å². The molecule has 5 nitrogen and oxygen atoms in total. The number of urea groups is 1. The molecule has 126 valence electrons. The number of nitrogens with zero attached hydrogens (tertiary/aromatic N) is 1. The lowest BCUT2D eigenvalue weighted by molar-refractivity contribution is 0.169. The van der Waals surface area contributed by atoms with Gasteiger partial charge in [-0.3, -0.25) is 4.90 Å². The van der Waals surface area contributed by atoms with Gasteiger partial charge >= 0.3 is 6.03 Å². The maximum atomic E-state index is 12.0. The van der Waals surface area contributed by atoms with Crippen molar-refractivity contribution in [3.8, 4) is 0 Å². The minimum Gasteiger partial charge on any atom is -0.387 e. The van der Waals surface area contributed by atoms with Gasteiger partial charge in [0, 0.05) is 32.2 Å². The molecule has 1 aliphatic heterocycles. The number of aryl methyl sites for hydroxylation is 1. The number of likely N-dealkylation sites (tertiary alicyclic amines) is 1. The Morgan fingerprint density at radius 2 is 2.13 bits per heavy atom. The number of piperidine rings is 1. The molecule has 1 atom stereocenters. The summed E-state index contributed by atoms with van der Waals surface area (Å²) in [5, 5.41) is 15.9. The molecule has 1 saturated heterocycles. The number of nitrogens with one attached hydrogen (secondary N) is 2. The zero-order valence-corrected chi connectivity index (χ0v) is 13.8. The van der Waals surface area contributed by atoms with Crippen LogP contribution < -0.4 is 10.6 Å². The summed E-state index contributed by atoms with van der Waals surface area (Å²) in [4.78, 5) is 14.3. The van der Waals surface area contributed by atoms with Crippen molar-refractivity contribution < 1.29 is 9.90 Å². The Kier molecular flexibility index (Phi) is 6.62. The van der Waals surface area contributed by atoms with E-state index >= 15 is 0 Å². The van der Waals surface area contributed by atoms with E-state index in [1.165, 1.54) is 0 Å². The summed E-state index contributed by atoms with van der Waals surface area (Å²) < 4.78 is 0. The first-order valence-electron chi connectivity index (χ1n) is 8.21. The van der Waals surface area contributed by atoms with E-state index in [0.29, 0.717) is 0 Å². The Bertz CT molecular complexity index is 525. The summed E-state index contributed by atoms with van der Waals surface area (Å²) in [5.74, 6) is 0. The lowest BCUT2D eigenvalue weighted by Crippen LogP contribution is -2.48. The molecule has 1 heterocycles. The maximum absolute atomic E-state index is 12.0. The van der Waals surface area contributed by atoms with E-state index in [9.17, 15) is 9.90 Å². The summed E-state index contributed by atoms with van der Waals surface area (Å²) in [6.45, 7) is 8.77. The van der Waals surface area contributed by atoms with Crippen LogP contribution >= 0.6 is 0 Å². The van der Waals surface area contributed by atoms with E-state index in [2.05, 4.69) is 22.1 Å². The highest BCUT2D eigenvalue weighted by Gasteiger charge is 2.20. The highest BCUT2D eigenvalue weighted by molar-refractivity contribution is 5.74. The van der Waals surface area contributed by atoms with E-state index < -0.39 is 6.10 Å². The van der Waals surface area contributed by atoms with Gasteiger partial charge in [-0.1, -0.05) is 30.3 Å². The van der Waals surface area contributed by atoms with Crippen LogP contribution in [0, 0.1) is 6.92 Å². The van der Waals surface area contributed by atoms with Crippen molar-refractivity contribution in [1.29, 1.82) is 0 Å². The van der Waals surface area contributed by atoms with Crippen molar-refractivity contribution in [1.82, 2.24) is 15.5 Å². The van der Waals surface area contributed by atoms with Crippen molar-refractivity contribution >= 4 is 6.03 Å². The van der Waals surface area contributed by atoms with Gasteiger partial charge in [0.25, 0.3) is 0 Å². The molecule has 1 aliphatic rings. The highest BCUT2D eigenvalue weighted by Crippen LogP contribution is 2.16. The molecule has 1 aromatic rings. The van der Waals surface area contributed by atoms with E-state index in [-0.39, 0.29) is 18.6 Å². The second-order valence-electron chi connectivity index (χ2n) is 6.09. The number of carbonyl (C=O) groups excluding carboxylic acids is 1. The van der Waals surface area contributed by atoms with Gasteiger partial charge in [-0.2, -0.15) is 0 Å². The van der Waals surface area contributed by atoms with Crippen LogP contribution in [0.25, 0.3) is 0 Å². The second-order valence-corrected chi connectivity index (χ2v) is 6.09. The number of benzene rings is 1. The minimum absolute atomic E-state index is 0.201. The zero-order chi connectivity index (χ0) is 16.7. The van der Waals surface area contributed by atoms with Gasteiger partial charge in [0.2, 0.25) is 0 Å². The molecule has 1 aromatic carbocycles. The highest BCUT2D eigenvalue weighted by atomic mass is 16.3. The summed E-state index contributed by atoms with van der Waals surface area (Å²) in [6, 6.07) is 7.66. The van der Waals surface area contributed by atoms with E-state index in [1.807, 2.05) is 37.3 Å². The fourth-order valence-corrected chi connectivity index (χ4v) is 2.94. The molecule has 5 heteroatoms. The van der Waals surface area contributed by atoms with Crippen LogP contribution in [-0.2, 0) is 0 Å². The van der Waals surface area contributed by atoms with Crippen LogP contribution in [0.1, 0.15) is 30.1 Å². The average Bonchev–Trinajstić information content (AvgIpc) is 2.55. The lowest BCUT2D eigenvalue weighted by Gasteiger charge is -2.31. The number of hydrogen-bond acceptors (Lipinski definition) is 3. The fraction of sp³-hybridized carbons (Fsp3) is 0.500. The van der Waals surface area contributed by atoms with E-state index in [0.717, 1.165) is 43.6 Å². The predicted octanol–water partition coefficient (Wildman–Crippen LogP) is 1.98. The summed E-state index contributed by atoms with van der Waals surface area (Å²) in [5.41, 5.74) is 1.88. The molecule has 2 rings (SSSR count). The molecule has 0 radical (unpaired) electrons. The third kappa shape index (κ3) is 5.37. The van der Waals surface area contributed by atoms with Crippen LogP contribution in [-0.4, -0.2) is 48.3 Å². The first-order chi connectivity index (χ1) is 11.1. The SMILES string of the molecule is C=CCN1CCC(NC(=O)NCC(O)c2ccccc2C)CC1. The molecule has 2 amide bonds. The lowest BCUT2D eigenvalue weighted by atomic mass is 10.0. The molecule has 1 unspecified atom stereocenters. The second kappa shape index (κ2) is 8.70. The average molecular weight is 317 g/mol. The summed E-state index contributed by atoms with van der Waals surface area (Å²) in [6.07, 6.45) is 3.12. The molecule has 0 saturated carbocycles. The largest absolute Gasteiger partial charge is 0.387 e. The van der Waals surface area contributed by atoms with Gasteiger partial charge in [-0.05, 0) is 30.9 Å². The number of rotatable bonds is 6. The van der Waals surface area contributed by atoms with Crippen LogP contribution in [0.4, 0.5) is 4.79 Å². The first kappa shape index (κ1) is 17.5. The van der Waals surface area contributed by atoms with Gasteiger partial charge < -0.3 is 15.7 Å². The topological polar surface area (TPSA) is 64.6 Å². The molecular weight excluding hydrogens is 290 g/mol. The number of aliphatic hydroxyl groups is 1. The third-order valence-electron chi connectivity index (χ3n) is 4.31. The standard InChI is InChI=1S/C18H27N3O2/c1-3-10-21-11-8-15(9-12-21)20-18(23)19-13-17(22)16-7-5-4-6-14(16)2/h3-7,15,17,22H,1,8-13H2,2H3,(H2,19,20,23). The summed E-state index contributed by atoms with van der Waals surface area (Å²) >= 11 is 0. The third-order valence-corrected chi connectivity index (χ3v) is 4.31. The van der Waals surface area contributed by atoms with Crippen molar-refractivity contribution in [2.75, 3.05) is 26.2 Å². The van der Waals surface area contributed by atoms with Crippen molar-refractivity contribution in [2.45, 2.75) is 31.9 Å². The van der Waals surface area contributed by atoms with Crippen molar-refractivity contribution in [2.24, 2.45) is 0 Å². The normalized spacial score (nSPS) is 17.5. The Morgan fingerprint density at radius 3 is 2.78 bits per heavy atom. The Labute approximate surface area is 138 Å². The Morgan fingerprint density at radius 1 is 1.43 bits per heavy atom. The monoisotopic (exact) mass is 317 g/mol. The minimum atomic E-state index is -0.684. The number of amides is 2. The zero-order valence-electron chi connectivity index (χ0n) is 13.8. The number of hydrogen-bond donors (Lipinski definition) is 3. The van der Waals surface area contributed by atoms with Crippen LogP contribution in [0.5, 0.6) is 0 Å². The first-order valence-corrected chi connectivity index (χ1v) is 8.21. The van der Waals surface area contributed by atoms with Crippen LogP contribution in [0.15, 0.2) is 36.9 Å². The van der Waals surface area contributed by atoms with Gasteiger partial charge in [0.05, 0.1) is 6.10 Å². The quantitative estimate of drug-likeness (QED) is 0.703. The van der Waals surface area contributed by atoms with Gasteiger partial charge in [0.1, 0.15) is 0 Å². The number of aliphatic hydroxyl groups excluding tert-OH is 1. The van der Waals surface area contributed by atoms with Gasteiger partial charge in [-0.15, -0.1) is 6.58 Å². The molecule has 0 spiro atoms. The number of carbonyl (C=O) groups is 1. The smallest absolute Gasteiger partial charge is 0.315 e. The van der Waals surface area contributed by atoms with Crippen molar-refractivity contribution in [3.63, 3.8) is 0 Å². The van der Waals surface area contributed by atoms with E-state index in [1.54, 1.807) is 0 Å². The molecular formula is C18H27N3O2. The molecule has 1 fully saturated rings. The maximum Gasteiger partial charge on any atom is 0.315 e. The molecule has 0 bridgehead atoms. The summed E-state index contributed by atoms with van der Waals surface area (Å²) in [7, 11) is 0. The fourth-order valence-electron chi connectivity index (χ4n) is 2.94. The van der Waals surface area contributed by atoms with Crippen LogP contribution in [0.2, 0.25) is 0 Å². The van der Waals surface area contributed by atoms with Crippen molar-refractivity contribution in [3.05, 3.63) is 48.0 Å². The van der Waals surface area contributed by atoms with Crippen LogP contribution in [0.3, 0.4) is 0 Å². The molecule has 23 heavy (non-hydrogen) atoms. The Balaban J connectivity index is 1.71. The molecule has 0 aliphatic carbocycles. The Hall–Kier alpha value is -1.85.